The minimum absolute atomic E-state index is 0.265. The van der Waals surface area contributed by atoms with Crippen LogP contribution < -0.4 is 5.32 Å². The Morgan fingerprint density at radius 2 is 1.96 bits per heavy atom. The maximum absolute atomic E-state index is 14.4. The van der Waals surface area contributed by atoms with Crippen molar-refractivity contribution in [2.24, 2.45) is 4.99 Å². The summed E-state index contributed by atoms with van der Waals surface area (Å²) in [5, 5.41) is 3.14. The van der Waals surface area contributed by atoms with Gasteiger partial charge in [-0.05, 0) is 37.3 Å². The molecular formula is C19H17FN4. The number of hydrogen-bond donors (Lipinski definition) is 1. The number of imidazole rings is 1. The molecule has 3 aromatic rings. The van der Waals surface area contributed by atoms with Crippen LogP contribution >= 0.6 is 0 Å². The predicted octanol–water partition coefficient (Wildman–Crippen LogP) is 3.71. The van der Waals surface area contributed by atoms with Crippen LogP contribution in [0.2, 0.25) is 0 Å². The largest absolute Gasteiger partial charge is 0.388 e. The zero-order chi connectivity index (χ0) is 16.7. The number of aryl methyl sites for hydroxylation is 1. The van der Waals surface area contributed by atoms with Crippen LogP contribution in [-0.2, 0) is 6.54 Å². The summed E-state index contributed by atoms with van der Waals surface area (Å²) in [5.74, 6) is 0.631. The topological polar surface area (TPSA) is 42.2 Å². The summed E-state index contributed by atoms with van der Waals surface area (Å²) >= 11 is 0. The van der Waals surface area contributed by atoms with E-state index in [1.807, 2.05) is 44.4 Å². The number of fused-ring (bicyclic) bond motifs is 3. The highest BCUT2D eigenvalue weighted by Gasteiger charge is 2.22. The van der Waals surface area contributed by atoms with Gasteiger partial charge in [-0.1, -0.05) is 12.1 Å². The van der Waals surface area contributed by atoms with Gasteiger partial charge in [0.25, 0.3) is 0 Å². The fourth-order valence-electron chi connectivity index (χ4n) is 3.14. The Morgan fingerprint density at radius 1 is 1.12 bits per heavy atom. The third-order valence-corrected chi connectivity index (χ3v) is 4.32. The van der Waals surface area contributed by atoms with Gasteiger partial charge < -0.3 is 5.32 Å². The molecule has 0 bridgehead atoms. The maximum atomic E-state index is 14.4. The smallest absolute Gasteiger partial charge is 0.132 e. The molecule has 0 saturated carbocycles. The molecule has 1 N–H and O–H groups in total. The van der Waals surface area contributed by atoms with Crippen molar-refractivity contribution >= 4 is 11.4 Å². The molecule has 0 atom stereocenters. The van der Waals surface area contributed by atoms with E-state index >= 15 is 0 Å². The number of rotatable bonds is 2. The molecule has 0 amide bonds. The van der Waals surface area contributed by atoms with E-state index in [2.05, 4.69) is 14.9 Å². The zero-order valence-corrected chi connectivity index (χ0v) is 13.5. The molecule has 0 radical (unpaired) electrons. The van der Waals surface area contributed by atoms with Crippen molar-refractivity contribution in [2.75, 3.05) is 12.4 Å². The minimum Gasteiger partial charge on any atom is -0.388 e. The van der Waals surface area contributed by atoms with Gasteiger partial charge in [0.1, 0.15) is 11.6 Å². The number of aliphatic imine (C=N–C) groups is 1. The lowest BCUT2D eigenvalue weighted by Crippen LogP contribution is -2.10. The molecule has 1 aliphatic heterocycles. The summed E-state index contributed by atoms with van der Waals surface area (Å²) in [6.07, 6.45) is 1.83. The number of benzene rings is 2. The van der Waals surface area contributed by atoms with E-state index in [0.717, 1.165) is 28.5 Å². The van der Waals surface area contributed by atoms with Crippen molar-refractivity contribution in [3.05, 3.63) is 77.1 Å². The summed E-state index contributed by atoms with van der Waals surface area (Å²) in [5.41, 5.74) is 5.01. The van der Waals surface area contributed by atoms with E-state index in [1.54, 1.807) is 12.1 Å². The molecule has 4 rings (SSSR count). The number of aromatic nitrogens is 2. The van der Waals surface area contributed by atoms with Gasteiger partial charge >= 0.3 is 0 Å². The number of anilines is 1. The number of hydrogen-bond acceptors (Lipinski definition) is 3. The Labute approximate surface area is 139 Å². The fraction of sp³-hybridized carbons (Fsp3) is 0.158. The highest BCUT2D eigenvalue weighted by atomic mass is 19.1. The van der Waals surface area contributed by atoms with Gasteiger partial charge in [0.05, 0.1) is 29.8 Å². The Hall–Kier alpha value is -2.95. The lowest BCUT2D eigenvalue weighted by atomic mass is 9.99. The molecule has 4 nitrogen and oxygen atoms in total. The molecule has 5 heteroatoms. The molecule has 0 fully saturated rings. The van der Waals surface area contributed by atoms with E-state index in [9.17, 15) is 4.39 Å². The van der Waals surface area contributed by atoms with Gasteiger partial charge in [0.2, 0.25) is 0 Å². The predicted molar refractivity (Wildman–Crippen MR) is 93.6 cm³/mol. The maximum Gasteiger partial charge on any atom is 0.132 e. The second kappa shape index (κ2) is 5.60. The van der Waals surface area contributed by atoms with Gasteiger partial charge in [-0.15, -0.1) is 0 Å². The molecule has 2 heterocycles. The summed E-state index contributed by atoms with van der Waals surface area (Å²) in [6, 6.07) is 12.8. The van der Waals surface area contributed by atoms with E-state index in [1.165, 1.54) is 6.07 Å². The van der Waals surface area contributed by atoms with Gasteiger partial charge in [-0.25, -0.2) is 9.37 Å². The summed E-state index contributed by atoms with van der Waals surface area (Å²) in [6.45, 7) is 2.43. The minimum atomic E-state index is -0.265. The molecule has 2 aromatic carbocycles. The first-order chi connectivity index (χ1) is 11.7. The Kier molecular flexibility index (Phi) is 3.41. The van der Waals surface area contributed by atoms with Crippen molar-refractivity contribution in [3.8, 4) is 5.69 Å². The second-order valence-electron chi connectivity index (χ2n) is 5.76. The van der Waals surface area contributed by atoms with E-state index in [-0.39, 0.29) is 5.82 Å². The molecule has 0 aliphatic carbocycles. The van der Waals surface area contributed by atoms with Crippen molar-refractivity contribution < 1.29 is 4.39 Å². The first-order valence-electron chi connectivity index (χ1n) is 7.84. The lowest BCUT2D eigenvalue weighted by molar-refractivity contribution is 0.625. The summed E-state index contributed by atoms with van der Waals surface area (Å²) in [4.78, 5) is 9.11. The SMILES string of the molecule is CNc1ccc2c(c1)C(c1ccccc1F)=NCc1cnc(C)n1-2. The van der Waals surface area contributed by atoms with Crippen LogP contribution in [0.5, 0.6) is 0 Å². The monoisotopic (exact) mass is 320 g/mol. The lowest BCUT2D eigenvalue weighted by Gasteiger charge is -2.15. The van der Waals surface area contributed by atoms with Gasteiger partial charge in [-0.2, -0.15) is 0 Å². The second-order valence-corrected chi connectivity index (χ2v) is 5.76. The van der Waals surface area contributed by atoms with Crippen LogP contribution in [0.25, 0.3) is 5.69 Å². The quantitative estimate of drug-likeness (QED) is 0.782. The van der Waals surface area contributed by atoms with Crippen LogP contribution in [-0.4, -0.2) is 22.3 Å². The molecule has 0 saturated heterocycles. The first-order valence-corrected chi connectivity index (χ1v) is 7.84. The fourth-order valence-corrected chi connectivity index (χ4v) is 3.14. The number of nitrogens with zero attached hydrogens (tertiary/aromatic N) is 3. The Bertz CT molecular complexity index is 956. The first kappa shape index (κ1) is 14.6. The number of nitrogens with one attached hydrogen (secondary N) is 1. The summed E-state index contributed by atoms with van der Waals surface area (Å²) < 4.78 is 16.5. The van der Waals surface area contributed by atoms with Crippen LogP contribution in [0.3, 0.4) is 0 Å². The van der Waals surface area contributed by atoms with Crippen molar-refractivity contribution in [1.29, 1.82) is 0 Å². The van der Waals surface area contributed by atoms with Crippen LogP contribution in [0.15, 0.2) is 53.7 Å². The van der Waals surface area contributed by atoms with Gasteiger partial charge in [0, 0.05) is 23.9 Å². The number of halogens is 1. The molecule has 0 spiro atoms. The van der Waals surface area contributed by atoms with Crippen LogP contribution in [0, 0.1) is 12.7 Å². The standard InChI is InChI=1S/C19H17FN4/c1-12-22-10-14-11-23-19(15-5-3-4-6-17(15)20)16-9-13(21-2)7-8-18(16)24(12)14/h3-10,21H,11H2,1-2H3. The molecule has 1 aromatic heterocycles. The highest BCUT2D eigenvalue weighted by Crippen LogP contribution is 2.29. The van der Waals surface area contributed by atoms with Crippen molar-refractivity contribution in [3.63, 3.8) is 0 Å². The Morgan fingerprint density at radius 3 is 2.75 bits per heavy atom. The molecule has 24 heavy (non-hydrogen) atoms. The van der Waals surface area contributed by atoms with Gasteiger partial charge in [0.15, 0.2) is 0 Å². The van der Waals surface area contributed by atoms with E-state index < -0.39 is 0 Å². The highest BCUT2D eigenvalue weighted by molar-refractivity contribution is 6.15. The zero-order valence-electron chi connectivity index (χ0n) is 13.5. The third-order valence-electron chi connectivity index (χ3n) is 4.32. The molecule has 0 unspecified atom stereocenters. The Balaban J connectivity index is 2.02. The van der Waals surface area contributed by atoms with E-state index in [0.29, 0.717) is 17.8 Å². The normalized spacial score (nSPS) is 12.9. The average molecular weight is 320 g/mol. The van der Waals surface area contributed by atoms with Gasteiger partial charge in [-0.3, -0.25) is 9.56 Å². The third kappa shape index (κ3) is 2.21. The van der Waals surface area contributed by atoms with Crippen molar-refractivity contribution in [1.82, 2.24) is 9.55 Å². The van der Waals surface area contributed by atoms with Crippen molar-refractivity contribution in [2.45, 2.75) is 13.5 Å². The van der Waals surface area contributed by atoms with E-state index in [4.69, 9.17) is 4.99 Å². The average Bonchev–Trinajstić information content (AvgIpc) is 2.88. The molecule has 120 valence electrons. The molecule has 1 aliphatic rings. The summed E-state index contributed by atoms with van der Waals surface area (Å²) in [7, 11) is 1.87. The molecular weight excluding hydrogens is 303 g/mol. The van der Waals surface area contributed by atoms with Crippen LogP contribution in [0.1, 0.15) is 22.6 Å². The van der Waals surface area contributed by atoms with Crippen LogP contribution in [0.4, 0.5) is 10.1 Å².